The van der Waals surface area contributed by atoms with Gasteiger partial charge in [0.15, 0.2) is 0 Å². The Morgan fingerprint density at radius 1 is 1.00 bits per heavy atom. The Balaban J connectivity index is 2.49. The largest absolute Gasteiger partial charge is 0.306 e. The molecule has 0 saturated heterocycles. The van der Waals surface area contributed by atoms with Gasteiger partial charge in [0, 0.05) is 10.0 Å². The lowest BCUT2D eigenvalue weighted by Gasteiger charge is -2.23. The Bertz CT molecular complexity index is 596. The Morgan fingerprint density at radius 2 is 1.76 bits per heavy atom. The lowest BCUT2D eigenvalue weighted by molar-refractivity contribution is 0.595. The van der Waals surface area contributed by atoms with Gasteiger partial charge >= 0.3 is 0 Å². The van der Waals surface area contributed by atoms with Crippen molar-refractivity contribution in [2.24, 2.45) is 0 Å². The molecule has 2 aromatic carbocycles. The number of nitrogens with one attached hydrogen (secondary N) is 1. The smallest absolute Gasteiger partial charge is 0.0594 e. The average molecular weight is 322 g/mol. The summed E-state index contributed by atoms with van der Waals surface area (Å²) in [4.78, 5) is 0. The van der Waals surface area contributed by atoms with Gasteiger partial charge in [0.1, 0.15) is 0 Å². The van der Waals surface area contributed by atoms with Crippen molar-refractivity contribution in [1.82, 2.24) is 5.32 Å². The van der Waals surface area contributed by atoms with Crippen LogP contribution < -0.4 is 5.32 Å². The minimum absolute atomic E-state index is 0.0762. The lowest BCUT2D eigenvalue weighted by Crippen LogP contribution is -2.24. The second-order valence-electron chi connectivity index (χ2n) is 5.11. The number of hydrogen-bond donors (Lipinski definition) is 1. The van der Waals surface area contributed by atoms with Crippen LogP contribution in [0.5, 0.6) is 0 Å². The van der Waals surface area contributed by atoms with Gasteiger partial charge < -0.3 is 5.32 Å². The first-order chi connectivity index (χ1) is 10.2. The molecule has 1 unspecified atom stereocenters. The number of halogens is 2. The molecular weight excluding hydrogens is 301 g/mol. The zero-order valence-electron chi connectivity index (χ0n) is 12.5. The van der Waals surface area contributed by atoms with Crippen LogP contribution in [0, 0.1) is 0 Å². The number of aryl methyl sites for hydroxylation is 1. The molecule has 1 nitrogen and oxygen atoms in total. The van der Waals surface area contributed by atoms with Gasteiger partial charge in [-0.1, -0.05) is 61.3 Å². The van der Waals surface area contributed by atoms with Crippen molar-refractivity contribution in [3.63, 3.8) is 0 Å². The molecule has 2 rings (SSSR count). The van der Waals surface area contributed by atoms with Crippen LogP contribution in [0.3, 0.4) is 0 Å². The van der Waals surface area contributed by atoms with Gasteiger partial charge in [-0.25, -0.2) is 0 Å². The van der Waals surface area contributed by atoms with Gasteiger partial charge in [0.25, 0.3) is 0 Å². The maximum Gasteiger partial charge on any atom is 0.0594 e. The van der Waals surface area contributed by atoms with E-state index in [2.05, 4.69) is 43.4 Å². The Hall–Kier alpha value is -1.02. The molecule has 0 aromatic heterocycles. The van der Waals surface area contributed by atoms with E-state index in [1.54, 1.807) is 0 Å². The van der Waals surface area contributed by atoms with Crippen molar-refractivity contribution in [2.45, 2.75) is 32.7 Å². The first-order valence-corrected chi connectivity index (χ1v) is 8.19. The first-order valence-electron chi connectivity index (χ1n) is 7.43. The molecule has 1 N–H and O–H groups in total. The second-order valence-corrected chi connectivity index (χ2v) is 5.95. The third kappa shape index (κ3) is 4.00. The molecule has 0 spiro atoms. The van der Waals surface area contributed by atoms with E-state index >= 15 is 0 Å². The molecule has 0 aliphatic heterocycles. The predicted octanol–water partition coefficient (Wildman–Crippen LogP) is 5.64. The Labute approximate surface area is 137 Å². The second kappa shape index (κ2) is 7.84. The van der Waals surface area contributed by atoms with E-state index < -0.39 is 0 Å². The van der Waals surface area contributed by atoms with Crippen LogP contribution in [0.2, 0.25) is 10.0 Å². The van der Waals surface area contributed by atoms with E-state index in [1.807, 2.05) is 18.2 Å². The summed E-state index contributed by atoms with van der Waals surface area (Å²) in [6.45, 7) is 5.27. The number of hydrogen-bond acceptors (Lipinski definition) is 1. The third-order valence-electron chi connectivity index (χ3n) is 3.61. The molecule has 1 atom stereocenters. The Morgan fingerprint density at radius 3 is 2.48 bits per heavy atom. The molecule has 0 bridgehead atoms. The Kier molecular flexibility index (Phi) is 6.10. The molecule has 0 aliphatic rings. The molecule has 112 valence electrons. The van der Waals surface area contributed by atoms with E-state index in [9.17, 15) is 0 Å². The highest BCUT2D eigenvalue weighted by Gasteiger charge is 2.19. The topological polar surface area (TPSA) is 12.0 Å². The number of benzene rings is 2. The summed E-state index contributed by atoms with van der Waals surface area (Å²) in [7, 11) is 0. The normalized spacial score (nSPS) is 12.4. The van der Waals surface area contributed by atoms with Crippen LogP contribution in [0.1, 0.15) is 43.0 Å². The van der Waals surface area contributed by atoms with Crippen LogP contribution in [0.4, 0.5) is 0 Å². The fourth-order valence-corrected chi connectivity index (χ4v) is 2.96. The summed E-state index contributed by atoms with van der Waals surface area (Å²) in [5.74, 6) is 0. The molecule has 2 aromatic rings. The molecular formula is C18H21Cl2N. The SMILES string of the molecule is CCCNC(c1cc(Cl)ccc1Cl)c1ccccc1CC. The summed E-state index contributed by atoms with van der Waals surface area (Å²) in [5, 5.41) is 5.07. The van der Waals surface area contributed by atoms with E-state index in [-0.39, 0.29) is 6.04 Å². The standard InChI is InChI=1S/C18H21Cl2N/c1-3-11-21-18(15-8-6-5-7-13(15)4-2)16-12-14(19)9-10-17(16)20/h5-10,12,18,21H,3-4,11H2,1-2H3. The van der Waals surface area contributed by atoms with Gasteiger partial charge in [-0.2, -0.15) is 0 Å². The quantitative estimate of drug-likeness (QED) is 0.725. The van der Waals surface area contributed by atoms with Gasteiger partial charge in [-0.3, -0.25) is 0 Å². The molecule has 0 radical (unpaired) electrons. The minimum atomic E-state index is 0.0762. The monoisotopic (exact) mass is 321 g/mol. The molecule has 0 amide bonds. The van der Waals surface area contributed by atoms with Crippen molar-refractivity contribution in [3.05, 3.63) is 69.2 Å². The van der Waals surface area contributed by atoms with Crippen molar-refractivity contribution >= 4 is 23.2 Å². The highest BCUT2D eigenvalue weighted by molar-refractivity contribution is 6.33. The molecule has 0 fully saturated rings. The summed E-state index contributed by atoms with van der Waals surface area (Å²) in [6, 6.07) is 14.2. The fourth-order valence-electron chi connectivity index (χ4n) is 2.55. The third-order valence-corrected chi connectivity index (χ3v) is 4.19. The van der Waals surface area contributed by atoms with Crippen molar-refractivity contribution in [2.75, 3.05) is 6.54 Å². The highest BCUT2D eigenvalue weighted by atomic mass is 35.5. The van der Waals surface area contributed by atoms with E-state index in [1.165, 1.54) is 11.1 Å². The first kappa shape index (κ1) is 16.4. The van der Waals surface area contributed by atoms with Crippen LogP contribution in [0.25, 0.3) is 0 Å². The van der Waals surface area contributed by atoms with Crippen molar-refractivity contribution in [1.29, 1.82) is 0 Å². The zero-order chi connectivity index (χ0) is 15.2. The molecule has 3 heteroatoms. The highest BCUT2D eigenvalue weighted by Crippen LogP contribution is 2.32. The van der Waals surface area contributed by atoms with Gasteiger partial charge in [0.2, 0.25) is 0 Å². The number of rotatable bonds is 6. The summed E-state index contributed by atoms with van der Waals surface area (Å²) >= 11 is 12.6. The maximum atomic E-state index is 6.42. The van der Waals surface area contributed by atoms with Crippen LogP contribution in [-0.4, -0.2) is 6.54 Å². The van der Waals surface area contributed by atoms with E-state index in [0.29, 0.717) is 5.02 Å². The summed E-state index contributed by atoms with van der Waals surface area (Å²) < 4.78 is 0. The summed E-state index contributed by atoms with van der Waals surface area (Å²) in [5.41, 5.74) is 3.65. The zero-order valence-corrected chi connectivity index (χ0v) is 14.0. The summed E-state index contributed by atoms with van der Waals surface area (Å²) in [6.07, 6.45) is 2.07. The van der Waals surface area contributed by atoms with Gasteiger partial charge in [-0.15, -0.1) is 0 Å². The van der Waals surface area contributed by atoms with Gasteiger partial charge in [-0.05, 0) is 54.3 Å². The maximum absolute atomic E-state index is 6.42. The average Bonchev–Trinajstić information content (AvgIpc) is 2.51. The molecule has 0 heterocycles. The minimum Gasteiger partial charge on any atom is -0.306 e. The van der Waals surface area contributed by atoms with Gasteiger partial charge in [0.05, 0.1) is 6.04 Å². The predicted molar refractivity (Wildman–Crippen MR) is 92.4 cm³/mol. The molecule has 0 aliphatic carbocycles. The molecule has 0 saturated carbocycles. The van der Waals surface area contributed by atoms with Crippen LogP contribution in [0.15, 0.2) is 42.5 Å². The lowest BCUT2D eigenvalue weighted by atomic mass is 9.93. The van der Waals surface area contributed by atoms with E-state index in [4.69, 9.17) is 23.2 Å². The van der Waals surface area contributed by atoms with Crippen molar-refractivity contribution < 1.29 is 0 Å². The van der Waals surface area contributed by atoms with Crippen LogP contribution in [-0.2, 0) is 6.42 Å². The van der Waals surface area contributed by atoms with Crippen molar-refractivity contribution in [3.8, 4) is 0 Å². The van der Waals surface area contributed by atoms with Crippen LogP contribution >= 0.6 is 23.2 Å². The van der Waals surface area contributed by atoms with E-state index in [0.717, 1.165) is 30.0 Å². The fraction of sp³-hybridized carbons (Fsp3) is 0.333. The molecule has 21 heavy (non-hydrogen) atoms.